The largest absolute Gasteiger partial charge is 0.355 e. The van der Waals surface area contributed by atoms with Crippen molar-refractivity contribution in [2.24, 2.45) is 0 Å². The predicted molar refractivity (Wildman–Crippen MR) is 74.6 cm³/mol. The fourth-order valence-electron chi connectivity index (χ4n) is 2.55. The molecule has 0 aromatic carbocycles. The number of ether oxygens (including phenoxy) is 2. The van der Waals surface area contributed by atoms with Crippen LogP contribution in [-0.2, 0) is 9.47 Å². The van der Waals surface area contributed by atoms with E-state index in [-0.39, 0.29) is 5.79 Å². The van der Waals surface area contributed by atoms with Crippen molar-refractivity contribution in [3.8, 4) is 0 Å². The molecule has 0 amide bonds. The van der Waals surface area contributed by atoms with Crippen molar-refractivity contribution in [1.29, 1.82) is 0 Å². The third-order valence-electron chi connectivity index (χ3n) is 3.61. The first-order valence-electron chi connectivity index (χ1n) is 6.89. The molecule has 2 aliphatic heterocycles. The average Bonchev–Trinajstić information content (AvgIpc) is 2.94. The second-order valence-corrected chi connectivity index (χ2v) is 4.90. The van der Waals surface area contributed by atoms with E-state index in [2.05, 4.69) is 32.0 Å². The van der Waals surface area contributed by atoms with Gasteiger partial charge in [0.15, 0.2) is 11.6 Å². The molecule has 108 valence electrons. The zero-order valence-corrected chi connectivity index (χ0v) is 11.4. The van der Waals surface area contributed by atoms with Crippen molar-refractivity contribution in [3.63, 3.8) is 0 Å². The van der Waals surface area contributed by atoms with Crippen LogP contribution in [0.4, 0.5) is 11.8 Å². The van der Waals surface area contributed by atoms with Gasteiger partial charge in [0, 0.05) is 32.5 Å². The van der Waals surface area contributed by atoms with Gasteiger partial charge in [0.25, 0.3) is 0 Å². The quantitative estimate of drug-likeness (QED) is 0.816. The lowest BCUT2D eigenvalue weighted by atomic mass is 10.0. The van der Waals surface area contributed by atoms with E-state index in [4.69, 9.17) is 9.47 Å². The molecule has 2 saturated heterocycles. The Morgan fingerprint density at radius 1 is 1.35 bits per heavy atom. The highest BCUT2D eigenvalue weighted by atomic mass is 16.7. The standard InChI is InChI=1S/C13H19N5O2/c1-2-5-14-12-16-11(10-15-17-12)18-6-3-13(4-7-18)19-8-9-20-13/h2,10H,1,3-9H2,(H,14,16,17). The van der Waals surface area contributed by atoms with Gasteiger partial charge in [0.2, 0.25) is 5.95 Å². The van der Waals surface area contributed by atoms with Gasteiger partial charge < -0.3 is 19.7 Å². The molecule has 0 aliphatic carbocycles. The van der Waals surface area contributed by atoms with Crippen LogP contribution in [0, 0.1) is 0 Å². The Labute approximate surface area is 118 Å². The van der Waals surface area contributed by atoms with Gasteiger partial charge in [0.1, 0.15) is 0 Å². The van der Waals surface area contributed by atoms with E-state index < -0.39 is 0 Å². The average molecular weight is 277 g/mol. The summed E-state index contributed by atoms with van der Waals surface area (Å²) in [5.74, 6) is 0.997. The van der Waals surface area contributed by atoms with Crippen LogP contribution in [0.3, 0.4) is 0 Å². The summed E-state index contributed by atoms with van der Waals surface area (Å²) in [6.45, 7) is 7.36. The molecule has 7 heteroatoms. The Morgan fingerprint density at radius 2 is 2.10 bits per heavy atom. The van der Waals surface area contributed by atoms with Gasteiger partial charge in [-0.05, 0) is 0 Å². The van der Waals surface area contributed by atoms with E-state index in [1.54, 1.807) is 12.3 Å². The highest BCUT2D eigenvalue weighted by Crippen LogP contribution is 2.32. The summed E-state index contributed by atoms with van der Waals surface area (Å²) in [5.41, 5.74) is 0. The molecule has 0 radical (unpaired) electrons. The maximum Gasteiger partial charge on any atom is 0.244 e. The van der Waals surface area contributed by atoms with Gasteiger partial charge in [-0.2, -0.15) is 10.1 Å². The molecule has 7 nitrogen and oxygen atoms in total. The number of anilines is 2. The number of nitrogens with one attached hydrogen (secondary N) is 1. The second-order valence-electron chi connectivity index (χ2n) is 4.90. The van der Waals surface area contributed by atoms with Crippen LogP contribution in [0.5, 0.6) is 0 Å². The van der Waals surface area contributed by atoms with Crippen LogP contribution in [-0.4, -0.2) is 53.8 Å². The Kier molecular flexibility index (Phi) is 3.79. The van der Waals surface area contributed by atoms with Crippen LogP contribution in [0.2, 0.25) is 0 Å². The molecule has 0 unspecified atom stereocenters. The maximum atomic E-state index is 5.72. The summed E-state index contributed by atoms with van der Waals surface area (Å²) in [5, 5.41) is 11.0. The highest BCUT2D eigenvalue weighted by Gasteiger charge is 2.40. The third-order valence-corrected chi connectivity index (χ3v) is 3.61. The van der Waals surface area contributed by atoms with Crippen molar-refractivity contribution in [2.45, 2.75) is 18.6 Å². The van der Waals surface area contributed by atoms with Crippen LogP contribution < -0.4 is 10.2 Å². The van der Waals surface area contributed by atoms with Crippen LogP contribution in [0.25, 0.3) is 0 Å². The summed E-state index contributed by atoms with van der Waals surface area (Å²) in [7, 11) is 0. The minimum Gasteiger partial charge on any atom is -0.355 e. The van der Waals surface area contributed by atoms with Gasteiger partial charge in [-0.3, -0.25) is 0 Å². The van der Waals surface area contributed by atoms with E-state index in [0.29, 0.717) is 25.7 Å². The summed E-state index contributed by atoms with van der Waals surface area (Å²) in [6.07, 6.45) is 5.15. The molecule has 2 aliphatic rings. The lowest BCUT2D eigenvalue weighted by Gasteiger charge is -2.37. The van der Waals surface area contributed by atoms with Crippen LogP contribution >= 0.6 is 0 Å². The minimum absolute atomic E-state index is 0.360. The zero-order valence-electron chi connectivity index (χ0n) is 11.4. The number of piperidine rings is 1. The monoisotopic (exact) mass is 277 g/mol. The first-order chi connectivity index (χ1) is 9.81. The molecule has 1 N–H and O–H groups in total. The summed E-state index contributed by atoms with van der Waals surface area (Å²) < 4.78 is 11.4. The predicted octanol–water partition coefficient (Wildman–Crippen LogP) is 0.813. The smallest absolute Gasteiger partial charge is 0.244 e. The van der Waals surface area contributed by atoms with Gasteiger partial charge in [0.05, 0.1) is 19.4 Å². The lowest BCUT2D eigenvalue weighted by Crippen LogP contribution is -2.45. The SMILES string of the molecule is C=CCNc1nncc(N2CCC3(CC2)OCCO3)n1. The van der Waals surface area contributed by atoms with Crippen molar-refractivity contribution in [3.05, 3.63) is 18.9 Å². The molecule has 0 bridgehead atoms. The third kappa shape index (κ3) is 2.73. The van der Waals surface area contributed by atoms with Crippen molar-refractivity contribution in [1.82, 2.24) is 15.2 Å². The zero-order chi connectivity index (χ0) is 13.8. The first kappa shape index (κ1) is 13.3. The van der Waals surface area contributed by atoms with E-state index in [0.717, 1.165) is 31.7 Å². The number of hydrogen-bond donors (Lipinski definition) is 1. The molecule has 1 aromatic heterocycles. The molecular weight excluding hydrogens is 258 g/mol. The molecule has 20 heavy (non-hydrogen) atoms. The molecule has 2 fully saturated rings. The molecule has 3 rings (SSSR count). The van der Waals surface area contributed by atoms with E-state index in [1.807, 2.05) is 0 Å². The highest BCUT2D eigenvalue weighted by molar-refractivity contribution is 5.41. The van der Waals surface area contributed by atoms with Gasteiger partial charge in [-0.1, -0.05) is 6.08 Å². The Bertz CT molecular complexity index is 466. The van der Waals surface area contributed by atoms with Crippen LogP contribution in [0.1, 0.15) is 12.8 Å². The van der Waals surface area contributed by atoms with Gasteiger partial charge in [-0.15, -0.1) is 11.7 Å². The molecule has 1 spiro atoms. The summed E-state index contributed by atoms with van der Waals surface area (Å²) in [6, 6.07) is 0. The Hall–Kier alpha value is -1.73. The molecule has 0 atom stereocenters. The fourth-order valence-corrected chi connectivity index (χ4v) is 2.55. The van der Waals surface area contributed by atoms with Crippen LogP contribution in [0.15, 0.2) is 18.9 Å². The normalized spacial score (nSPS) is 21.1. The van der Waals surface area contributed by atoms with Gasteiger partial charge >= 0.3 is 0 Å². The molecule has 3 heterocycles. The Morgan fingerprint density at radius 3 is 2.80 bits per heavy atom. The summed E-state index contributed by atoms with van der Waals surface area (Å²) in [4.78, 5) is 6.65. The van der Waals surface area contributed by atoms with Gasteiger partial charge in [-0.25, -0.2) is 0 Å². The molecular formula is C13H19N5O2. The van der Waals surface area contributed by atoms with E-state index >= 15 is 0 Å². The first-order valence-corrected chi connectivity index (χ1v) is 6.89. The molecule has 1 aromatic rings. The summed E-state index contributed by atoms with van der Waals surface area (Å²) >= 11 is 0. The molecule has 0 saturated carbocycles. The number of rotatable bonds is 4. The lowest BCUT2D eigenvalue weighted by molar-refractivity contribution is -0.169. The van der Waals surface area contributed by atoms with E-state index in [9.17, 15) is 0 Å². The fraction of sp³-hybridized carbons (Fsp3) is 0.615. The minimum atomic E-state index is -0.360. The van der Waals surface area contributed by atoms with E-state index in [1.165, 1.54) is 0 Å². The number of hydrogen-bond acceptors (Lipinski definition) is 7. The van der Waals surface area contributed by atoms with Crippen molar-refractivity contribution in [2.75, 3.05) is 43.1 Å². The number of nitrogens with zero attached hydrogens (tertiary/aromatic N) is 4. The Balaban J connectivity index is 1.63. The van der Waals surface area contributed by atoms with Crippen molar-refractivity contribution < 1.29 is 9.47 Å². The topological polar surface area (TPSA) is 72.4 Å². The second kappa shape index (κ2) is 5.72. The number of aromatic nitrogens is 3. The maximum absolute atomic E-state index is 5.72. The van der Waals surface area contributed by atoms with Crippen molar-refractivity contribution >= 4 is 11.8 Å².